The van der Waals surface area contributed by atoms with Gasteiger partial charge in [0.1, 0.15) is 12.0 Å². The van der Waals surface area contributed by atoms with Crippen LogP contribution >= 0.6 is 0 Å². The molecular weight excluding hydrogens is 310 g/mol. The number of likely N-dealkylation sites (N-methyl/N-ethyl adjacent to an activating group) is 1. The van der Waals surface area contributed by atoms with Crippen molar-refractivity contribution in [1.29, 1.82) is 0 Å². The highest BCUT2D eigenvalue weighted by Crippen LogP contribution is 2.27. The van der Waals surface area contributed by atoms with E-state index >= 15 is 0 Å². The van der Waals surface area contributed by atoms with Gasteiger partial charge in [0.25, 0.3) is 5.91 Å². The third-order valence-electron chi connectivity index (χ3n) is 4.17. The van der Waals surface area contributed by atoms with E-state index in [9.17, 15) is 4.79 Å². The van der Waals surface area contributed by atoms with E-state index < -0.39 is 0 Å². The SMILES string of the molecule is CN(C)CCOCC1CN(C(=O)c2ccoc2)Cc2nnn(C)c21. The van der Waals surface area contributed by atoms with Crippen LogP contribution in [0.15, 0.2) is 23.0 Å². The number of aryl methyl sites for hydroxylation is 1. The van der Waals surface area contributed by atoms with E-state index in [0.717, 1.165) is 17.9 Å². The van der Waals surface area contributed by atoms with Gasteiger partial charge in [0.2, 0.25) is 0 Å². The molecule has 0 aliphatic carbocycles. The Balaban J connectivity index is 1.72. The van der Waals surface area contributed by atoms with Crippen LogP contribution in [0.25, 0.3) is 0 Å². The first kappa shape index (κ1) is 16.7. The summed E-state index contributed by atoms with van der Waals surface area (Å²) in [5.74, 6) is 0.00473. The maximum absolute atomic E-state index is 12.6. The number of rotatable bonds is 6. The summed E-state index contributed by atoms with van der Waals surface area (Å²) in [4.78, 5) is 16.5. The Bertz CT molecular complexity index is 680. The van der Waals surface area contributed by atoms with Crippen molar-refractivity contribution < 1.29 is 13.9 Å². The average Bonchev–Trinajstić information content (AvgIpc) is 3.21. The maximum atomic E-state index is 12.6. The van der Waals surface area contributed by atoms with Gasteiger partial charge < -0.3 is 19.0 Å². The van der Waals surface area contributed by atoms with Crippen molar-refractivity contribution in [1.82, 2.24) is 24.8 Å². The van der Waals surface area contributed by atoms with Gasteiger partial charge in [-0.15, -0.1) is 5.10 Å². The van der Waals surface area contributed by atoms with Crippen LogP contribution in [0.3, 0.4) is 0 Å². The molecule has 3 rings (SSSR count). The summed E-state index contributed by atoms with van der Waals surface area (Å²) in [6, 6.07) is 1.68. The number of fused-ring (bicyclic) bond motifs is 1. The van der Waals surface area contributed by atoms with Crippen LogP contribution in [0.5, 0.6) is 0 Å². The van der Waals surface area contributed by atoms with Gasteiger partial charge in [0.05, 0.1) is 37.3 Å². The predicted molar refractivity (Wildman–Crippen MR) is 86.6 cm³/mol. The monoisotopic (exact) mass is 333 g/mol. The number of amides is 1. The number of furan rings is 1. The molecule has 1 unspecified atom stereocenters. The van der Waals surface area contributed by atoms with Crippen LogP contribution in [0.2, 0.25) is 0 Å². The molecule has 1 amide bonds. The van der Waals surface area contributed by atoms with Crippen molar-refractivity contribution in [3.63, 3.8) is 0 Å². The molecular formula is C16H23N5O3. The second-order valence-electron chi connectivity index (χ2n) is 6.32. The zero-order valence-electron chi connectivity index (χ0n) is 14.3. The normalized spacial score (nSPS) is 17.3. The summed E-state index contributed by atoms with van der Waals surface area (Å²) >= 11 is 0. The Hall–Kier alpha value is -2.19. The third-order valence-corrected chi connectivity index (χ3v) is 4.17. The molecule has 0 N–H and O–H groups in total. The van der Waals surface area contributed by atoms with Gasteiger partial charge in [-0.05, 0) is 20.2 Å². The zero-order valence-corrected chi connectivity index (χ0v) is 14.3. The summed E-state index contributed by atoms with van der Waals surface area (Å²) in [5.41, 5.74) is 2.44. The number of hydrogen-bond acceptors (Lipinski definition) is 6. The van der Waals surface area contributed by atoms with E-state index in [1.54, 1.807) is 15.6 Å². The highest BCUT2D eigenvalue weighted by atomic mass is 16.5. The van der Waals surface area contributed by atoms with E-state index in [-0.39, 0.29) is 11.8 Å². The minimum atomic E-state index is -0.0571. The molecule has 2 aromatic rings. The lowest BCUT2D eigenvalue weighted by atomic mass is 9.98. The molecule has 8 nitrogen and oxygen atoms in total. The van der Waals surface area contributed by atoms with Crippen LogP contribution in [0.4, 0.5) is 0 Å². The van der Waals surface area contributed by atoms with Crippen molar-refractivity contribution in [3.8, 4) is 0 Å². The summed E-state index contributed by atoms with van der Waals surface area (Å²) in [7, 11) is 5.91. The van der Waals surface area contributed by atoms with E-state index in [4.69, 9.17) is 9.15 Å². The molecule has 0 fully saturated rings. The number of carbonyl (C=O) groups is 1. The van der Waals surface area contributed by atoms with Crippen LogP contribution in [-0.2, 0) is 18.3 Å². The van der Waals surface area contributed by atoms with E-state index in [2.05, 4.69) is 15.2 Å². The maximum Gasteiger partial charge on any atom is 0.257 e. The quantitative estimate of drug-likeness (QED) is 0.725. The zero-order chi connectivity index (χ0) is 17.1. The molecule has 0 bridgehead atoms. The van der Waals surface area contributed by atoms with Gasteiger partial charge in [-0.25, -0.2) is 0 Å². The van der Waals surface area contributed by atoms with Crippen LogP contribution in [0, 0.1) is 0 Å². The topological polar surface area (TPSA) is 76.6 Å². The predicted octanol–water partition coefficient (Wildman–Crippen LogP) is 0.726. The summed E-state index contributed by atoms with van der Waals surface area (Å²) in [5, 5.41) is 8.32. The Labute approximate surface area is 141 Å². The number of nitrogens with zero attached hydrogens (tertiary/aromatic N) is 5. The van der Waals surface area contributed by atoms with Gasteiger partial charge in [-0.2, -0.15) is 0 Å². The number of aromatic nitrogens is 3. The molecule has 0 spiro atoms. The highest BCUT2D eigenvalue weighted by molar-refractivity contribution is 5.93. The first-order valence-corrected chi connectivity index (χ1v) is 7.98. The smallest absolute Gasteiger partial charge is 0.257 e. The summed E-state index contributed by atoms with van der Waals surface area (Å²) in [6.45, 7) is 3.10. The molecule has 1 aliphatic rings. The Kier molecular flexibility index (Phi) is 4.96. The van der Waals surface area contributed by atoms with Gasteiger partial charge >= 0.3 is 0 Å². The van der Waals surface area contributed by atoms with Crippen molar-refractivity contribution in [2.24, 2.45) is 7.05 Å². The van der Waals surface area contributed by atoms with Crippen LogP contribution in [-0.4, -0.2) is 71.1 Å². The average molecular weight is 333 g/mol. The van der Waals surface area contributed by atoms with Crippen molar-refractivity contribution in [3.05, 3.63) is 35.5 Å². The Morgan fingerprint density at radius 2 is 2.33 bits per heavy atom. The Morgan fingerprint density at radius 3 is 3.04 bits per heavy atom. The minimum Gasteiger partial charge on any atom is -0.472 e. The van der Waals surface area contributed by atoms with E-state index in [1.807, 2.05) is 21.1 Å². The molecule has 24 heavy (non-hydrogen) atoms. The molecule has 8 heteroatoms. The fourth-order valence-corrected chi connectivity index (χ4v) is 2.95. The fourth-order valence-electron chi connectivity index (χ4n) is 2.95. The lowest BCUT2D eigenvalue weighted by Gasteiger charge is -2.32. The first-order valence-electron chi connectivity index (χ1n) is 7.98. The second kappa shape index (κ2) is 7.14. The first-order chi connectivity index (χ1) is 11.6. The molecule has 0 radical (unpaired) electrons. The minimum absolute atomic E-state index is 0.0571. The number of carbonyl (C=O) groups excluding carboxylic acids is 1. The van der Waals surface area contributed by atoms with Gasteiger partial charge in [0.15, 0.2) is 0 Å². The van der Waals surface area contributed by atoms with Crippen molar-refractivity contribution in [2.75, 3.05) is 40.4 Å². The Morgan fingerprint density at radius 1 is 1.50 bits per heavy atom. The highest BCUT2D eigenvalue weighted by Gasteiger charge is 2.33. The summed E-state index contributed by atoms with van der Waals surface area (Å²) in [6.07, 6.45) is 2.98. The molecule has 1 atom stereocenters. The molecule has 3 heterocycles. The van der Waals surface area contributed by atoms with Crippen LogP contribution in [0.1, 0.15) is 27.7 Å². The van der Waals surface area contributed by atoms with E-state index in [1.165, 1.54) is 12.5 Å². The molecule has 0 aromatic carbocycles. The largest absolute Gasteiger partial charge is 0.472 e. The standard InChI is InChI=1S/C16H23N5O3/c1-19(2)5-7-24-11-13-8-21(16(22)12-4-6-23-10-12)9-14-15(13)20(3)18-17-14/h4,6,10,13H,5,7-9,11H2,1-3H3. The van der Waals surface area contributed by atoms with Gasteiger partial charge in [-0.3, -0.25) is 9.48 Å². The summed E-state index contributed by atoms with van der Waals surface area (Å²) < 4.78 is 12.6. The lowest BCUT2D eigenvalue weighted by Crippen LogP contribution is -2.40. The molecule has 0 saturated carbocycles. The van der Waals surface area contributed by atoms with Gasteiger partial charge in [-0.1, -0.05) is 5.21 Å². The number of hydrogen-bond donors (Lipinski definition) is 0. The van der Waals surface area contributed by atoms with Crippen molar-refractivity contribution >= 4 is 5.91 Å². The van der Waals surface area contributed by atoms with Crippen molar-refractivity contribution in [2.45, 2.75) is 12.5 Å². The van der Waals surface area contributed by atoms with E-state index in [0.29, 0.717) is 31.9 Å². The number of ether oxygens (including phenoxy) is 1. The van der Waals surface area contributed by atoms with Gasteiger partial charge in [0, 0.05) is 26.1 Å². The molecule has 1 aliphatic heterocycles. The molecule has 0 saturated heterocycles. The third kappa shape index (κ3) is 3.49. The second-order valence-corrected chi connectivity index (χ2v) is 6.32. The van der Waals surface area contributed by atoms with Crippen LogP contribution < -0.4 is 0 Å². The molecule has 130 valence electrons. The lowest BCUT2D eigenvalue weighted by molar-refractivity contribution is 0.0613. The fraction of sp³-hybridized carbons (Fsp3) is 0.562. The molecule has 2 aromatic heterocycles.